The van der Waals surface area contributed by atoms with Crippen LogP contribution in [0.2, 0.25) is 0 Å². The highest BCUT2D eigenvalue weighted by atomic mass is 16.1. The van der Waals surface area contributed by atoms with E-state index in [0.29, 0.717) is 0 Å². The Hall–Kier alpha value is -1.97. The average Bonchev–Trinajstić information content (AvgIpc) is 2.73. The number of aromatic nitrogens is 3. The zero-order chi connectivity index (χ0) is 11.5. The Labute approximate surface area is 93.8 Å². The highest BCUT2D eigenvalue weighted by Gasteiger charge is 2.14. The van der Waals surface area contributed by atoms with Crippen LogP contribution in [0, 0.1) is 0 Å². The molecule has 0 radical (unpaired) electrons. The molecule has 4 heteroatoms. The number of hydrogen-bond donors (Lipinski definition) is 1. The molecular weight excluding hydrogens is 202 g/mol. The molecule has 0 atom stereocenters. The molecule has 0 bridgehead atoms. The highest BCUT2D eigenvalue weighted by molar-refractivity contribution is 5.97. The molecule has 82 valence electrons. The van der Waals surface area contributed by atoms with Gasteiger partial charge in [0.05, 0.1) is 5.69 Å². The van der Waals surface area contributed by atoms with Crippen LogP contribution in [-0.2, 0) is 6.42 Å². The van der Waals surface area contributed by atoms with Crippen molar-refractivity contribution in [3.63, 3.8) is 0 Å². The molecular formula is C12H13N3O. The number of carbonyl (C=O) groups excluding carboxylic acids is 1. The van der Waals surface area contributed by atoms with Crippen LogP contribution in [0.25, 0.3) is 11.3 Å². The van der Waals surface area contributed by atoms with Crippen molar-refractivity contribution in [3.8, 4) is 11.3 Å². The second-order valence-corrected chi connectivity index (χ2v) is 3.59. The van der Waals surface area contributed by atoms with Gasteiger partial charge in [0.25, 0.3) is 0 Å². The second-order valence-electron chi connectivity index (χ2n) is 3.59. The molecule has 0 aliphatic rings. The maximum absolute atomic E-state index is 11.4. The lowest BCUT2D eigenvalue weighted by Gasteiger charge is -2.02. The zero-order valence-electron chi connectivity index (χ0n) is 9.32. The number of nitrogens with zero attached hydrogens (tertiary/aromatic N) is 2. The summed E-state index contributed by atoms with van der Waals surface area (Å²) in [6.45, 7) is 3.61. The molecule has 16 heavy (non-hydrogen) atoms. The third-order valence-corrected chi connectivity index (χ3v) is 2.57. The van der Waals surface area contributed by atoms with E-state index in [1.54, 1.807) is 25.5 Å². The van der Waals surface area contributed by atoms with Crippen molar-refractivity contribution in [1.29, 1.82) is 0 Å². The summed E-state index contributed by atoms with van der Waals surface area (Å²) >= 11 is 0. The van der Waals surface area contributed by atoms with E-state index in [9.17, 15) is 4.79 Å². The van der Waals surface area contributed by atoms with Crippen molar-refractivity contribution < 1.29 is 4.79 Å². The number of carbonyl (C=O) groups is 1. The van der Waals surface area contributed by atoms with Gasteiger partial charge in [-0.1, -0.05) is 6.92 Å². The number of nitrogens with one attached hydrogen (secondary N) is 1. The molecule has 0 spiro atoms. The Kier molecular flexibility index (Phi) is 2.81. The third kappa shape index (κ3) is 1.74. The van der Waals surface area contributed by atoms with E-state index in [4.69, 9.17) is 0 Å². The van der Waals surface area contributed by atoms with Crippen LogP contribution in [0.1, 0.15) is 29.8 Å². The predicted molar refractivity (Wildman–Crippen MR) is 61.2 cm³/mol. The Balaban J connectivity index is 2.54. The molecule has 2 rings (SSSR count). The van der Waals surface area contributed by atoms with Crippen LogP contribution in [0.3, 0.4) is 0 Å². The largest absolute Gasteiger partial charge is 0.360 e. The van der Waals surface area contributed by atoms with Crippen molar-refractivity contribution in [2.75, 3.05) is 0 Å². The first-order chi connectivity index (χ1) is 7.74. The Morgan fingerprint density at radius 2 is 2.06 bits per heavy atom. The predicted octanol–water partition coefficient (Wildman–Crippen LogP) is 2.24. The van der Waals surface area contributed by atoms with E-state index in [1.807, 2.05) is 6.92 Å². The first-order valence-electron chi connectivity index (χ1n) is 5.20. The first kappa shape index (κ1) is 10.5. The van der Waals surface area contributed by atoms with E-state index >= 15 is 0 Å². The fourth-order valence-electron chi connectivity index (χ4n) is 1.82. The van der Waals surface area contributed by atoms with Crippen molar-refractivity contribution >= 4 is 5.78 Å². The molecule has 1 N–H and O–H groups in total. The van der Waals surface area contributed by atoms with Gasteiger partial charge in [0.2, 0.25) is 0 Å². The van der Waals surface area contributed by atoms with Crippen molar-refractivity contribution in [1.82, 2.24) is 15.0 Å². The highest BCUT2D eigenvalue weighted by Crippen LogP contribution is 2.24. The fourth-order valence-corrected chi connectivity index (χ4v) is 1.82. The van der Waals surface area contributed by atoms with Crippen molar-refractivity contribution in [2.24, 2.45) is 0 Å². The summed E-state index contributed by atoms with van der Waals surface area (Å²) in [7, 11) is 0. The lowest BCUT2D eigenvalue weighted by Crippen LogP contribution is -1.95. The summed E-state index contributed by atoms with van der Waals surface area (Å²) in [6, 6.07) is 0. The van der Waals surface area contributed by atoms with Gasteiger partial charge in [-0.15, -0.1) is 0 Å². The number of ketones is 1. The van der Waals surface area contributed by atoms with Gasteiger partial charge < -0.3 is 4.98 Å². The molecule has 0 aromatic carbocycles. The molecule has 0 saturated heterocycles. The third-order valence-electron chi connectivity index (χ3n) is 2.57. The number of rotatable bonds is 3. The van der Waals surface area contributed by atoms with Gasteiger partial charge in [-0.3, -0.25) is 4.79 Å². The quantitative estimate of drug-likeness (QED) is 0.799. The van der Waals surface area contributed by atoms with Gasteiger partial charge in [-0.05, 0) is 18.9 Å². The summed E-state index contributed by atoms with van der Waals surface area (Å²) < 4.78 is 0. The van der Waals surface area contributed by atoms with Crippen LogP contribution in [-0.4, -0.2) is 20.7 Å². The van der Waals surface area contributed by atoms with Crippen LogP contribution in [0.15, 0.2) is 24.9 Å². The Morgan fingerprint density at radius 3 is 2.62 bits per heavy atom. The lowest BCUT2D eigenvalue weighted by atomic mass is 10.0. The number of hydrogen-bond acceptors (Lipinski definition) is 3. The first-order valence-corrected chi connectivity index (χ1v) is 5.20. The minimum atomic E-state index is 0.0798. The molecule has 2 aromatic rings. The van der Waals surface area contributed by atoms with Crippen LogP contribution >= 0.6 is 0 Å². The molecule has 0 saturated carbocycles. The molecule has 0 unspecified atom stereocenters. The summed E-state index contributed by atoms with van der Waals surface area (Å²) in [6.07, 6.45) is 7.53. The molecule has 0 amide bonds. The van der Waals surface area contributed by atoms with Gasteiger partial charge in [0.15, 0.2) is 5.78 Å². The summed E-state index contributed by atoms with van der Waals surface area (Å²) in [4.78, 5) is 22.5. The van der Waals surface area contributed by atoms with Gasteiger partial charge >= 0.3 is 0 Å². The van der Waals surface area contributed by atoms with Gasteiger partial charge in [0.1, 0.15) is 6.33 Å². The zero-order valence-corrected chi connectivity index (χ0v) is 9.32. The molecule has 2 aromatic heterocycles. The van der Waals surface area contributed by atoms with Crippen LogP contribution in [0.5, 0.6) is 0 Å². The Bertz CT molecular complexity index is 502. The van der Waals surface area contributed by atoms with Gasteiger partial charge in [-0.2, -0.15) is 0 Å². The van der Waals surface area contributed by atoms with Gasteiger partial charge in [-0.25, -0.2) is 9.97 Å². The minimum absolute atomic E-state index is 0.0798. The molecule has 0 aliphatic heterocycles. The van der Waals surface area contributed by atoms with E-state index in [0.717, 1.165) is 28.8 Å². The van der Waals surface area contributed by atoms with Gasteiger partial charge in [0, 0.05) is 29.7 Å². The monoisotopic (exact) mass is 215 g/mol. The summed E-state index contributed by atoms with van der Waals surface area (Å²) in [5.41, 5.74) is 3.63. The maximum atomic E-state index is 11.4. The molecule has 2 heterocycles. The normalized spacial score (nSPS) is 10.4. The lowest BCUT2D eigenvalue weighted by molar-refractivity contribution is 0.101. The Morgan fingerprint density at radius 1 is 1.38 bits per heavy atom. The number of aromatic amines is 1. The molecule has 0 aliphatic carbocycles. The number of Topliss-reactive ketones (excluding diaryl/α,β-unsaturated/α-hetero) is 1. The SMILES string of the molecule is CCc1c(C(C)=O)c[nH]c1-c1cncnc1. The van der Waals surface area contributed by atoms with E-state index in [2.05, 4.69) is 15.0 Å². The fraction of sp³-hybridized carbons (Fsp3) is 0.250. The smallest absolute Gasteiger partial charge is 0.161 e. The van der Waals surface area contributed by atoms with Crippen LogP contribution in [0.4, 0.5) is 0 Å². The van der Waals surface area contributed by atoms with Crippen molar-refractivity contribution in [2.45, 2.75) is 20.3 Å². The molecule has 0 fully saturated rings. The number of H-pyrrole nitrogens is 1. The standard InChI is InChI=1S/C12H13N3O/c1-3-10-11(8(2)16)6-15-12(10)9-4-13-7-14-5-9/h4-7,15H,3H2,1-2H3. The molecule has 4 nitrogen and oxygen atoms in total. The average molecular weight is 215 g/mol. The minimum Gasteiger partial charge on any atom is -0.360 e. The van der Waals surface area contributed by atoms with Crippen molar-refractivity contribution in [3.05, 3.63) is 36.0 Å². The van der Waals surface area contributed by atoms with E-state index in [-0.39, 0.29) is 5.78 Å². The topological polar surface area (TPSA) is 58.6 Å². The van der Waals surface area contributed by atoms with E-state index in [1.165, 1.54) is 6.33 Å². The van der Waals surface area contributed by atoms with E-state index < -0.39 is 0 Å². The summed E-state index contributed by atoms with van der Waals surface area (Å²) in [5, 5.41) is 0. The second kappa shape index (κ2) is 4.26. The van der Waals surface area contributed by atoms with Crippen LogP contribution < -0.4 is 0 Å². The summed E-state index contributed by atoms with van der Waals surface area (Å²) in [5.74, 6) is 0.0798. The maximum Gasteiger partial charge on any atom is 0.161 e.